The number of aliphatic carboxylic acids is 1. The van der Waals surface area contributed by atoms with E-state index >= 15 is 0 Å². The molecule has 0 spiro atoms. The summed E-state index contributed by atoms with van der Waals surface area (Å²) in [7, 11) is 3.27. The van der Waals surface area contributed by atoms with E-state index in [2.05, 4.69) is 4.90 Å². The third kappa shape index (κ3) is 5.40. The van der Waals surface area contributed by atoms with Crippen molar-refractivity contribution in [1.29, 1.82) is 0 Å². The molecule has 8 nitrogen and oxygen atoms in total. The van der Waals surface area contributed by atoms with Gasteiger partial charge in [0.05, 0.1) is 32.8 Å². The van der Waals surface area contributed by atoms with E-state index in [-0.39, 0.29) is 18.6 Å². The Hall–Kier alpha value is -2.81. The Balaban J connectivity index is 1.62. The van der Waals surface area contributed by atoms with Crippen molar-refractivity contribution in [3.05, 3.63) is 53.6 Å². The highest BCUT2D eigenvalue weighted by molar-refractivity contribution is 5.73. The molecule has 2 aliphatic heterocycles. The maximum Gasteiger partial charge on any atom is 0.307 e. The van der Waals surface area contributed by atoms with Crippen molar-refractivity contribution in [2.75, 3.05) is 60.5 Å². The van der Waals surface area contributed by atoms with Gasteiger partial charge in [-0.3, -0.25) is 9.69 Å². The number of hydrogen-bond donors (Lipinski definition) is 1. The molecule has 0 amide bonds. The van der Waals surface area contributed by atoms with Gasteiger partial charge < -0.3 is 28.8 Å². The average molecular weight is 458 g/mol. The summed E-state index contributed by atoms with van der Waals surface area (Å²) < 4.78 is 27.0. The van der Waals surface area contributed by atoms with Crippen LogP contribution in [-0.2, 0) is 14.3 Å². The molecule has 4 rings (SSSR count). The predicted octanol–water partition coefficient (Wildman–Crippen LogP) is 2.97. The van der Waals surface area contributed by atoms with Gasteiger partial charge in [-0.25, -0.2) is 0 Å². The fraction of sp³-hybridized carbons (Fsp3) is 0.480. The Bertz CT molecular complexity index is 933. The second-order valence-electron chi connectivity index (χ2n) is 8.33. The zero-order valence-corrected chi connectivity index (χ0v) is 19.1. The second-order valence-corrected chi connectivity index (χ2v) is 8.33. The van der Waals surface area contributed by atoms with Crippen LogP contribution in [0.2, 0.25) is 0 Å². The Kier molecular flexibility index (Phi) is 7.69. The number of carbonyl (C=O) groups is 1. The van der Waals surface area contributed by atoms with Crippen molar-refractivity contribution in [3.63, 3.8) is 0 Å². The first-order valence-electron chi connectivity index (χ1n) is 11.2. The number of carboxylic acid groups (broad SMARTS) is 1. The number of likely N-dealkylation sites (tertiary alicyclic amines) is 1. The maximum atomic E-state index is 12.6. The van der Waals surface area contributed by atoms with Crippen LogP contribution in [0.3, 0.4) is 0 Å². The topological polar surface area (TPSA) is 86.7 Å². The number of ether oxygens (including phenoxy) is 5. The van der Waals surface area contributed by atoms with Crippen LogP contribution in [0.15, 0.2) is 42.5 Å². The van der Waals surface area contributed by atoms with Crippen molar-refractivity contribution < 1.29 is 33.6 Å². The Morgan fingerprint density at radius 3 is 2.36 bits per heavy atom. The van der Waals surface area contributed by atoms with E-state index in [0.29, 0.717) is 51.0 Å². The average Bonchev–Trinajstić information content (AvgIpc) is 3.31. The van der Waals surface area contributed by atoms with Gasteiger partial charge in [-0.05, 0) is 35.4 Å². The number of fused-ring (bicyclic) bond motifs is 1. The van der Waals surface area contributed by atoms with Crippen LogP contribution in [0, 0.1) is 5.92 Å². The number of nitrogens with zero attached hydrogens (tertiary/aromatic N) is 1. The third-order valence-corrected chi connectivity index (χ3v) is 6.41. The molecule has 0 radical (unpaired) electrons. The highest BCUT2D eigenvalue weighted by Crippen LogP contribution is 2.44. The predicted molar refractivity (Wildman–Crippen MR) is 121 cm³/mol. The molecular weight excluding hydrogens is 426 g/mol. The van der Waals surface area contributed by atoms with Crippen LogP contribution in [0.4, 0.5) is 0 Å². The van der Waals surface area contributed by atoms with Crippen molar-refractivity contribution in [2.24, 2.45) is 5.92 Å². The first kappa shape index (κ1) is 23.4. The van der Waals surface area contributed by atoms with Crippen LogP contribution < -0.4 is 14.2 Å². The van der Waals surface area contributed by atoms with Gasteiger partial charge >= 0.3 is 5.97 Å². The lowest BCUT2D eigenvalue weighted by Crippen LogP contribution is -2.47. The number of rotatable bonds is 10. The van der Waals surface area contributed by atoms with Crippen molar-refractivity contribution in [2.45, 2.75) is 11.8 Å². The minimum absolute atomic E-state index is 0.184. The first-order chi connectivity index (χ1) is 16.1. The molecule has 33 heavy (non-hydrogen) atoms. The summed E-state index contributed by atoms with van der Waals surface area (Å²) in [6, 6.07) is 13.5. The van der Waals surface area contributed by atoms with Gasteiger partial charge in [0.25, 0.3) is 0 Å². The van der Waals surface area contributed by atoms with Crippen molar-refractivity contribution >= 4 is 5.97 Å². The van der Waals surface area contributed by atoms with Crippen LogP contribution in [-0.4, -0.2) is 76.4 Å². The molecule has 2 aliphatic rings. The van der Waals surface area contributed by atoms with Crippen LogP contribution >= 0.6 is 0 Å². The second kappa shape index (κ2) is 10.9. The molecule has 178 valence electrons. The van der Waals surface area contributed by atoms with Crippen molar-refractivity contribution in [1.82, 2.24) is 4.90 Å². The first-order valence-corrected chi connectivity index (χ1v) is 11.2. The van der Waals surface area contributed by atoms with E-state index in [9.17, 15) is 9.90 Å². The van der Waals surface area contributed by atoms with Crippen LogP contribution in [0.1, 0.15) is 23.0 Å². The summed E-state index contributed by atoms with van der Waals surface area (Å²) >= 11 is 0. The van der Waals surface area contributed by atoms with Gasteiger partial charge in [-0.15, -0.1) is 0 Å². The van der Waals surface area contributed by atoms with Gasteiger partial charge in [0.2, 0.25) is 6.79 Å². The van der Waals surface area contributed by atoms with E-state index in [1.807, 2.05) is 42.5 Å². The molecule has 3 unspecified atom stereocenters. The maximum absolute atomic E-state index is 12.6. The summed E-state index contributed by atoms with van der Waals surface area (Å²) in [6.07, 6.45) is 0. The SMILES string of the molecule is COCCOCCN1CC(c2ccc(OC)cc2)C(C(=O)O)C(c2ccc3c(c2)OCO3)C1. The number of piperidine rings is 1. The molecule has 0 aliphatic carbocycles. The van der Waals surface area contributed by atoms with Crippen LogP contribution in [0.25, 0.3) is 0 Å². The molecule has 2 heterocycles. The zero-order valence-electron chi connectivity index (χ0n) is 19.1. The monoisotopic (exact) mass is 457 g/mol. The van der Waals surface area contributed by atoms with Gasteiger partial charge in [0, 0.05) is 38.6 Å². The Morgan fingerprint density at radius 1 is 0.970 bits per heavy atom. The molecule has 0 saturated carbocycles. The highest BCUT2D eigenvalue weighted by atomic mass is 16.7. The van der Waals surface area contributed by atoms with E-state index in [0.717, 1.165) is 16.9 Å². The van der Waals surface area contributed by atoms with Gasteiger partial charge in [0.1, 0.15) is 5.75 Å². The zero-order chi connectivity index (χ0) is 23.2. The van der Waals surface area contributed by atoms with Crippen LogP contribution in [0.5, 0.6) is 17.2 Å². The lowest BCUT2D eigenvalue weighted by atomic mass is 9.71. The normalized spacial score (nSPS) is 22.3. The lowest BCUT2D eigenvalue weighted by Gasteiger charge is -2.42. The molecule has 3 atom stereocenters. The minimum atomic E-state index is -0.797. The molecule has 1 saturated heterocycles. The third-order valence-electron chi connectivity index (χ3n) is 6.41. The smallest absolute Gasteiger partial charge is 0.307 e. The van der Waals surface area contributed by atoms with Gasteiger partial charge in [-0.1, -0.05) is 18.2 Å². The highest BCUT2D eigenvalue weighted by Gasteiger charge is 2.43. The van der Waals surface area contributed by atoms with Crippen molar-refractivity contribution in [3.8, 4) is 17.2 Å². The summed E-state index contributed by atoms with van der Waals surface area (Å²) in [5, 5.41) is 10.3. The molecule has 1 N–H and O–H groups in total. The van der Waals surface area contributed by atoms with Gasteiger partial charge in [0.15, 0.2) is 11.5 Å². The lowest BCUT2D eigenvalue weighted by molar-refractivity contribution is -0.145. The minimum Gasteiger partial charge on any atom is -0.497 e. The number of methoxy groups -OCH3 is 2. The summed E-state index contributed by atoms with van der Waals surface area (Å²) in [6.45, 7) is 3.80. The van der Waals surface area contributed by atoms with E-state index in [1.165, 1.54) is 0 Å². The van der Waals surface area contributed by atoms with E-state index in [4.69, 9.17) is 23.7 Å². The molecule has 0 bridgehead atoms. The number of hydrogen-bond acceptors (Lipinski definition) is 7. The summed E-state index contributed by atoms with van der Waals surface area (Å²) in [5.74, 6) is 0.332. The summed E-state index contributed by atoms with van der Waals surface area (Å²) in [5.41, 5.74) is 1.93. The Morgan fingerprint density at radius 2 is 1.67 bits per heavy atom. The van der Waals surface area contributed by atoms with E-state index in [1.54, 1.807) is 14.2 Å². The quantitative estimate of drug-likeness (QED) is 0.545. The summed E-state index contributed by atoms with van der Waals surface area (Å²) in [4.78, 5) is 14.9. The standard InChI is InChI=1S/C25H31NO7/c1-29-11-12-31-10-9-26-14-20(17-3-6-19(30-2)7-4-17)24(25(27)28)21(15-26)18-5-8-22-23(13-18)33-16-32-22/h3-8,13,20-21,24H,9-12,14-16H2,1-2H3,(H,27,28). The molecule has 2 aromatic rings. The fourth-order valence-electron chi connectivity index (χ4n) is 4.72. The Labute approximate surface area is 194 Å². The van der Waals surface area contributed by atoms with Gasteiger partial charge in [-0.2, -0.15) is 0 Å². The molecule has 2 aromatic carbocycles. The molecular formula is C25H31NO7. The fourth-order valence-corrected chi connectivity index (χ4v) is 4.72. The molecule has 1 fully saturated rings. The largest absolute Gasteiger partial charge is 0.497 e. The number of carboxylic acids is 1. The van der Waals surface area contributed by atoms with E-state index < -0.39 is 11.9 Å². The number of benzene rings is 2. The molecule has 0 aromatic heterocycles. The molecule has 8 heteroatoms.